The third-order valence-electron chi connectivity index (χ3n) is 11.8. The molecule has 3 aliphatic heterocycles. The van der Waals surface area contributed by atoms with Gasteiger partial charge in [-0.3, -0.25) is 18.7 Å². The second kappa shape index (κ2) is 13.8. The number of fused-ring (bicyclic) bond motifs is 1. The van der Waals surface area contributed by atoms with Gasteiger partial charge in [0.05, 0.1) is 13.7 Å². The molecule has 2 unspecified atom stereocenters. The van der Waals surface area contributed by atoms with Gasteiger partial charge in [0, 0.05) is 24.5 Å². The fourth-order valence-electron chi connectivity index (χ4n) is 6.52. The minimum absolute atomic E-state index is 0.0654. The van der Waals surface area contributed by atoms with Gasteiger partial charge in [0.1, 0.15) is 30.2 Å². The Morgan fingerprint density at radius 3 is 2.06 bits per heavy atom. The van der Waals surface area contributed by atoms with Gasteiger partial charge in [-0.1, -0.05) is 71.9 Å². The molecule has 2 saturated heterocycles. The topological polar surface area (TPSA) is 114 Å². The molecule has 282 valence electrons. The van der Waals surface area contributed by atoms with Gasteiger partial charge in [0.2, 0.25) is 0 Å². The first-order valence-electron chi connectivity index (χ1n) is 18.2. The number of hydrogen-bond acceptors (Lipinski definition) is 8. The highest BCUT2D eigenvalue weighted by molar-refractivity contribution is 6.74. The Morgan fingerprint density at radius 2 is 1.44 bits per heavy atom. The van der Waals surface area contributed by atoms with E-state index in [2.05, 4.69) is 73.8 Å². The van der Waals surface area contributed by atoms with Crippen LogP contribution < -0.4 is 20.9 Å². The van der Waals surface area contributed by atoms with Crippen molar-refractivity contribution in [3.05, 3.63) is 92.8 Å². The molecule has 0 saturated carbocycles. The van der Waals surface area contributed by atoms with E-state index in [-0.39, 0.29) is 22.5 Å². The van der Waals surface area contributed by atoms with Gasteiger partial charge in [0.15, 0.2) is 29.0 Å². The first kappa shape index (κ1) is 38.4. The summed E-state index contributed by atoms with van der Waals surface area (Å²) >= 11 is 0. The maximum absolute atomic E-state index is 14.4. The molecule has 13 heteroatoms. The number of nitrogens with zero attached hydrogens (tertiary/aromatic N) is 3. The molecule has 2 aromatic carbocycles. The second-order valence-corrected chi connectivity index (χ2v) is 26.9. The lowest BCUT2D eigenvalue weighted by atomic mass is 10.1. The summed E-state index contributed by atoms with van der Waals surface area (Å²) in [6.45, 7) is 22.4. The molecule has 3 aliphatic rings. The molecule has 0 bridgehead atoms. The molecule has 1 amide bonds. The number of amides is 1. The third-order valence-corrected chi connectivity index (χ3v) is 20.8. The van der Waals surface area contributed by atoms with E-state index in [1.807, 2.05) is 30.3 Å². The summed E-state index contributed by atoms with van der Waals surface area (Å²) in [4.78, 5) is 43.4. The van der Waals surface area contributed by atoms with Crippen LogP contribution in [0.5, 0.6) is 5.75 Å². The van der Waals surface area contributed by atoms with Crippen LogP contribution in [0.4, 0.5) is 5.69 Å². The van der Waals surface area contributed by atoms with Gasteiger partial charge < -0.3 is 28.0 Å². The summed E-state index contributed by atoms with van der Waals surface area (Å²) in [5.41, 5.74) is 1.86. The van der Waals surface area contributed by atoms with Gasteiger partial charge >= 0.3 is 5.69 Å². The van der Waals surface area contributed by atoms with Crippen LogP contribution >= 0.6 is 0 Å². The molecule has 0 radical (unpaired) electrons. The van der Waals surface area contributed by atoms with Crippen LogP contribution in [-0.2, 0) is 36.1 Å². The minimum atomic E-state index is -2.52. The second-order valence-electron chi connectivity index (χ2n) is 17.3. The Kier molecular flexibility index (Phi) is 10.2. The van der Waals surface area contributed by atoms with Crippen molar-refractivity contribution >= 4 is 28.2 Å². The van der Waals surface area contributed by atoms with Crippen LogP contribution in [0.15, 0.2) is 70.4 Å². The highest BCUT2D eigenvalue weighted by Crippen LogP contribution is 2.49. The van der Waals surface area contributed by atoms with Gasteiger partial charge in [-0.25, -0.2) is 4.79 Å². The minimum Gasteiger partial charge on any atom is -0.497 e. The number of anilines is 1. The maximum Gasteiger partial charge on any atom is 0.333 e. The van der Waals surface area contributed by atoms with Crippen molar-refractivity contribution in [2.24, 2.45) is 0 Å². The van der Waals surface area contributed by atoms with E-state index >= 15 is 0 Å². The van der Waals surface area contributed by atoms with E-state index < -0.39 is 64.6 Å². The number of benzene rings is 2. The number of carbonyl (C=O) groups is 1. The molecule has 52 heavy (non-hydrogen) atoms. The van der Waals surface area contributed by atoms with E-state index in [0.29, 0.717) is 12.3 Å². The number of epoxide rings is 1. The average molecular weight is 750 g/mol. The van der Waals surface area contributed by atoms with Crippen LogP contribution in [0.2, 0.25) is 36.3 Å². The summed E-state index contributed by atoms with van der Waals surface area (Å²) < 4.78 is 35.6. The Bertz CT molecular complexity index is 1910. The van der Waals surface area contributed by atoms with E-state index in [1.165, 1.54) is 21.4 Å². The van der Waals surface area contributed by atoms with Crippen LogP contribution in [0, 0.1) is 0 Å². The molecule has 6 rings (SSSR count). The number of carbonyl (C=O) groups excluding carboxylic acids is 1. The lowest BCUT2D eigenvalue weighted by molar-refractivity contribution is -0.119. The zero-order chi connectivity index (χ0) is 38.0. The number of ether oxygens (including phenoxy) is 3. The Labute approximate surface area is 309 Å². The zero-order valence-corrected chi connectivity index (χ0v) is 34.5. The average Bonchev–Trinajstić information content (AvgIpc) is 3.63. The van der Waals surface area contributed by atoms with Crippen LogP contribution in [0.1, 0.15) is 58.9 Å². The van der Waals surface area contributed by atoms with Crippen molar-refractivity contribution in [1.82, 2.24) is 9.13 Å². The van der Waals surface area contributed by atoms with Gasteiger partial charge in [-0.05, 0) is 72.0 Å². The highest BCUT2D eigenvalue weighted by atomic mass is 28.4. The van der Waals surface area contributed by atoms with E-state index in [9.17, 15) is 14.4 Å². The lowest BCUT2D eigenvalue weighted by Gasteiger charge is -2.44. The molecule has 11 nitrogen and oxygen atoms in total. The lowest BCUT2D eigenvalue weighted by Crippen LogP contribution is -2.55. The number of para-hydroxylation sites is 1. The molecule has 0 spiro atoms. The monoisotopic (exact) mass is 749 g/mol. The normalized spacial score (nSPS) is 24.9. The van der Waals surface area contributed by atoms with Crippen molar-refractivity contribution in [1.29, 1.82) is 0 Å². The van der Waals surface area contributed by atoms with Crippen LogP contribution in [0.3, 0.4) is 0 Å². The summed E-state index contributed by atoms with van der Waals surface area (Å²) in [5, 5.41) is -0.328. The molecular weight excluding hydrogens is 695 g/mol. The molecule has 4 heterocycles. The maximum atomic E-state index is 14.4. The standard InChI is InChI=1S/C39H55N3O8Si2/c1-38(2,3)51(8,9)49-32-30(31-33(47-31)35(44)40-22-20-26-14-12-13-15-28(26)40)48-36(34(32)50-52(10,11)39(4,5)6)41-23-21-29(43)42(37(41)45)24-25-16-18-27(46-7)19-17-25/h12-19,21,23,30-34,36H,20,22,24H2,1-11H3/t30-,31+,32?,33-,34?,36-/m1/s1. The predicted molar refractivity (Wildman–Crippen MR) is 206 cm³/mol. The van der Waals surface area contributed by atoms with Crippen LogP contribution in [0.25, 0.3) is 0 Å². The molecule has 6 atom stereocenters. The number of methoxy groups -OCH3 is 1. The number of rotatable bonds is 10. The van der Waals surface area contributed by atoms with Crippen molar-refractivity contribution in [2.45, 2.75) is 128 Å². The van der Waals surface area contributed by atoms with Crippen molar-refractivity contribution < 1.29 is 27.9 Å². The first-order valence-corrected chi connectivity index (χ1v) is 24.1. The van der Waals surface area contributed by atoms with E-state index in [0.717, 1.165) is 23.2 Å². The summed E-state index contributed by atoms with van der Waals surface area (Å²) in [6.07, 6.45) is -2.09. The fraction of sp³-hybridized carbons (Fsp3) is 0.564. The van der Waals surface area contributed by atoms with Gasteiger partial charge in [-0.15, -0.1) is 0 Å². The molecule has 1 aromatic heterocycles. The Morgan fingerprint density at radius 1 is 0.827 bits per heavy atom. The van der Waals surface area contributed by atoms with Crippen molar-refractivity contribution in [3.8, 4) is 5.75 Å². The third kappa shape index (κ3) is 7.27. The summed E-state index contributed by atoms with van der Waals surface area (Å²) in [6, 6.07) is 16.6. The Balaban J connectivity index is 1.41. The SMILES string of the molecule is COc1ccc(Cn2c(=O)ccn([C@@H]3O[C@H]([C@@H]4O[C@H]4C(=O)N4CCc5ccccc54)C(O[Si](C)(C)C(C)(C)C)C3O[Si](C)(C)C(C)(C)C)c2=O)cc1. The summed E-state index contributed by atoms with van der Waals surface area (Å²) in [5.74, 6) is 0.568. The number of hydrogen-bond donors (Lipinski definition) is 0. The molecule has 3 aromatic rings. The van der Waals surface area contributed by atoms with Crippen molar-refractivity contribution in [2.75, 3.05) is 18.6 Å². The fourth-order valence-corrected chi connectivity index (χ4v) is 9.11. The molecular formula is C39H55N3O8Si2. The number of aromatic nitrogens is 2. The van der Waals surface area contributed by atoms with E-state index in [4.69, 9.17) is 23.1 Å². The zero-order valence-electron chi connectivity index (χ0n) is 32.5. The van der Waals surface area contributed by atoms with Crippen LogP contribution in [-0.4, -0.2) is 75.9 Å². The smallest absolute Gasteiger partial charge is 0.333 e. The predicted octanol–water partition coefficient (Wildman–Crippen LogP) is 6.10. The van der Waals surface area contributed by atoms with Crippen molar-refractivity contribution in [3.63, 3.8) is 0 Å². The molecule has 2 fully saturated rings. The quantitative estimate of drug-likeness (QED) is 0.181. The highest BCUT2D eigenvalue weighted by Gasteiger charge is 2.63. The first-order chi connectivity index (χ1) is 24.2. The largest absolute Gasteiger partial charge is 0.497 e. The molecule has 0 aliphatic carbocycles. The molecule has 0 N–H and O–H groups in total. The van der Waals surface area contributed by atoms with E-state index in [1.54, 1.807) is 24.1 Å². The Hall–Kier alpha value is -3.34. The van der Waals surface area contributed by atoms with Gasteiger partial charge in [0.25, 0.3) is 11.5 Å². The van der Waals surface area contributed by atoms with Gasteiger partial charge in [-0.2, -0.15) is 0 Å². The summed E-state index contributed by atoms with van der Waals surface area (Å²) in [7, 11) is -3.42.